The molecule has 2 unspecified atom stereocenters. The van der Waals surface area contributed by atoms with E-state index in [0.29, 0.717) is 6.42 Å². The number of hydrogen-bond acceptors (Lipinski definition) is 4. The van der Waals surface area contributed by atoms with Crippen LogP contribution in [0.1, 0.15) is 55.6 Å². The quantitative estimate of drug-likeness (QED) is 0.458. The summed E-state index contributed by atoms with van der Waals surface area (Å²) >= 11 is 0. The van der Waals surface area contributed by atoms with E-state index in [1.165, 1.54) is 17.2 Å². The van der Waals surface area contributed by atoms with Crippen molar-refractivity contribution >= 4 is 18.0 Å². The molecule has 7 nitrogen and oxygen atoms in total. The molecule has 3 N–H and O–H groups in total. The molecule has 2 aliphatic carbocycles. The third-order valence-corrected chi connectivity index (χ3v) is 6.94. The van der Waals surface area contributed by atoms with Gasteiger partial charge < -0.3 is 20.5 Å². The van der Waals surface area contributed by atoms with Gasteiger partial charge in [-0.2, -0.15) is 0 Å². The van der Waals surface area contributed by atoms with E-state index in [2.05, 4.69) is 34.9 Å². The Hall–Kier alpha value is -3.61. The van der Waals surface area contributed by atoms with Crippen LogP contribution in [0, 0.1) is 5.92 Å². The lowest BCUT2D eigenvalue weighted by molar-refractivity contribution is -0.137. The lowest BCUT2D eigenvalue weighted by Crippen LogP contribution is -2.41. The number of carbonyl (C=O) groups is 3. The van der Waals surface area contributed by atoms with Crippen molar-refractivity contribution in [2.75, 3.05) is 13.2 Å². The molecule has 0 aromatic heterocycles. The van der Waals surface area contributed by atoms with Gasteiger partial charge in [0.1, 0.15) is 6.61 Å². The summed E-state index contributed by atoms with van der Waals surface area (Å²) in [6.45, 7) is 0.417. The average molecular weight is 477 g/mol. The van der Waals surface area contributed by atoms with E-state index < -0.39 is 12.1 Å². The molecule has 0 aliphatic heterocycles. The minimum Gasteiger partial charge on any atom is -0.481 e. The summed E-state index contributed by atoms with van der Waals surface area (Å²) < 4.78 is 5.50. The number of hydrogen-bond donors (Lipinski definition) is 3. The molecule has 2 aliphatic rings. The first-order valence-corrected chi connectivity index (χ1v) is 12.3. The number of amides is 2. The fraction of sp³-hybridized carbons (Fsp3) is 0.393. The van der Waals surface area contributed by atoms with Crippen LogP contribution in [0.25, 0.3) is 11.1 Å². The average Bonchev–Trinajstić information content (AvgIpc) is 3.18. The number of fused-ring (bicyclic) bond motifs is 3. The molecule has 0 heterocycles. The highest BCUT2D eigenvalue weighted by atomic mass is 16.5. The summed E-state index contributed by atoms with van der Waals surface area (Å²) in [5, 5.41) is 14.6. The van der Waals surface area contributed by atoms with Gasteiger partial charge >= 0.3 is 12.1 Å². The number of aliphatic carboxylic acids is 1. The number of benzene rings is 2. The fourth-order valence-electron chi connectivity index (χ4n) is 5.24. The zero-order chi connectivity index (χ0) is 24.6. The summed E-state index contributed by atoms with van der Waals surface area (Å²) in [5.74, 6) is -0.846. The molecule has 2 aromatic carbocycles. The predicted molar refractivity (Wildman–Crippen MR) is 133 cm³/mol. The monoisotopic (exact) mass is 476 g/mol. The molecule has 2 atom stereocenters. The van der Waals surface area contributed by atoms with E-state index in [0.717, 1.165) is 36.8 Å². The molecule has 2 amide bonds. The smallest absolute Gasteiger partial charge is 0.407 e. The lowest BCUT2D eigenvalue weighted by atomic mass is 9.81. The molecule has 0 saturated heterocycles. The highest BCUT2D eigenvalue weighted by Gasteiger charge is 2.29. The molecule has 0 spiro atoms. The third kappa shape index (κ3) is 6.29. The first-order valence-electron chi connectivity index (χ1n) is 12.3. The Balaban J connectivity index is 1.21. The van der Waals surface area contributed by atoms with Gasteiger partial charge in [-0.3, -0.25) is 9.59 Å². The Kier molecular flexibility index (Phi) is 8.19. The predicted octanol–water partition coefficient (Wildman–Crippen LogP) is 4.62. The number of alkyl carbamates (subject to hydrolysis) is 1. The highest BCUT2D eigenvalue weighted by Crippen LogP contribution is 2.44. The topological polar surface area (TPSA) is 105 Å². The van der Waals surface area contributed by atoms with E-state index in [-0.39, 0.29) is 43.4 Å². The number of nitrogens with one attached hydrogen (secondary N) is 2. The van der Waals surface area contributed by atoms with Crippen LogP contribution in [0.3, 0.4) is 0 Å². The zero-order valence-corrected chi connectivity index (χ0v) is 19.7. The second-order valence-electron chi connectivity index (χ2n) is 9.20. The van der Waals surface area contributed by atoms with Crippen molar-refractivity contribution in [3.05, 3.63) is 71.8 Å². The van der Waals surface area contributed by atoms with E-state index in [9.17, 15) is 14.4 Å². The zero-order valence-electron chi connectivity index (χ0n) is 19.7. The number of ether oxygens (including phenoxy) is 1. The van der Waals surface area contributed by atoms with Crippen molar-refractivity contribution < 1.29 is 24.2 Å². The molecule has 2 aromatic rings. The van der Waals surface area contributed by atoms with Crippen molar-refractivity contribution in [2.24, 2.45) is 5.92 Å². The Morgan fingerprint density at radius 3 is 2.31 bits per heavy atom. The van der Waals surface area contributed by atoms with E-state index >= 15 is 0 Å². The third-order valence-electron chi connectivity index (χ3n) is 6.94. The van der Waals surface area contributed by atoms with Gasteiger partial charge in [-0.15, -0.1) is 0 Å². The van der Waals surface area contributed by atoms with Crippen molar-refractivity contribution in [1.82, 2.24) is 10.6 Å². The highest BCUT2D eigenvalue weighted by molar-refractivity contribution is 5.87. The van der Waals surface area contributed by atoms with E-state index in [1.807, 2.05) is 24.3 Å². The van der Waals surface area contributed by atoms with Crippen LogP contribution in [0.4, 0.5) is 4.79 Å². The number of carboxylic acids is 1. The van der Waals surface area contributed by atoms with E-state index in [4.69, 9.17) is 9.84 Å². The molecule has 4 rings (SSSR count). The molecule has 1 saturated carbocycles. The van der Waals surface area contributed by atoms with Gasteiger partial charge in [0.25, 0.3) is 0 Å². The standard InChI is InChI=1S/C28H32N2O5/c31-26(30-25-13-6-1-8-19(25)15-16-27(32)33)14-7-17-29-28(34)35-18-24-22-11-4-2-9-20(22)21-10-3-5-12-23(21)24/h2-5,7,9-12,14,19,24-25H,1,6,8,13,15-18H2,(H,29,34)(H,30,31)(H,32,33)/b14-7+. The van der Waals surface area contributed by atoms with Crippen LogP contribution in [0.5, 0.6) is 0 Å². The van der Waals surface area contributed by atoms with Gasteiger partial charge in [0, 0.05) is 31.0 Å². The minimum absolute atomic E-state index is 0.000893. The molecule has 35 heavy (non-hydrogen) atoms. The molecule has 184 valence electrons. The van der Waals surface area contributed by atoms with E-state index in [1.54, 1.807) is 6.08 Å². The summed E-state index contributed by atoms with van der Waals surface area (Å²) in [4.78, 5) is 35.4. The maximum atomic E-state index is 12.3. The van der Waals surface area contributed by atoms with Crippen molar-refractivity contribution in [3.8, 4) is 11.1 Å². The number of rotatable bonds is 9. The summed E-state index contributed by atoms with van der Waals surface area (Å²) in [6, 6.07) is 16.3. The van der Waals surface area contributed by atoms with Crippen LogP contribution >= 0.6 is 0 Å². The fourth-order valence-corrected chi connectivity index (χ4v) is 5.24. The van der Waals surface area contributed by atoms with Crippen molar-refractivity contribution in [3.63, 3.8) is 0 Å². The van der Waals surface area contributed by atoms with Crippen LogP contribution in [-0.4, -0.2) is 42.3 Å². The maximum absolute atomic E-state index is 12.3. The van der Waals surface area contributed by atoms with Crippen LogP contribution < -0.4 is 10.6 Å². The second-order valence-corrected chi connectivity index (χ2v) is 9.20. The Morgan fingerprint density at radius 2 is 1.63 bits per heavy atom. The largest absolute Gasteiger partial charge is 0.481 e. The molecule has 0 radical (unpaired) electrons. The van der Waals surface area contributed by atoms with Crippen molar-refractivity contribution in [1.29, 1.82) is 0 Å². The van der Waals surface area contributed by atoms with Gasteiger partial charge in [-0.05, 0) is 47.4 Å². The molecular weight excluding hydrogens is 444 g/mol. The SMILES string of the molecule is O=C(O)CCC1CCCCC1NC(=O)/C=C/CNC(=O)OCC1c2ccccc2-c2ccccc21. The first kappa shape index (κ1) is 24.5. The molecule has 7 heteroatoms. The van der Waals surface area contributed by atoms with Gasteiger partial charge in [0.15, 0.2) is 0 Å². The van der Waals surface area contributed by atoms with Gasteiger partial charge in [-0.25, -0.2) is 4.79 Å². The normalized spacial score (nSPS) is 19.1. The van der Waals surface area contributed by atoms with Gasteiger partial charge in [-0.1, -0.05) is 67.4 Å². The van der Waals surface area contributed by atoms with Gasteiger partial charge in [0.05, 0.1) is 0 Å². The first-order chi connectivity index (χ1) is 17.0. The maximum Gasteiger partial charge on any atom is 0.407 e. The van der Waals surface area contributed by atoms with Crippen molar-refractivity contribution in [2.45, 2.75) is 50.5 Å². The second kappa shape index (κ2) is 11.7. The molecule has 1 fully saturated rings. The summed E-state index contributed by atoms with van der Waals surface area (Å²) in [7, 11) is 0. The molecular formula is C28H32N2O5. The number of carbonyl (C=O) groups excluding carboxylic acids is 2. The minimum atomic E-state index is -0.806. The van der Waals surface area contributed by atoms with Crippen LogP contribution in [0.2, 0.25) is 0 Å². The Labute approximate surface area is 205 Å². The molecule has 0 bridgehead atoms. The van der Waals surface area contributed by atoms with Gasteiger partial charge in [0.2, 0.25) is 5.91 Å². The Bertz CT molecular complexity index is 1050. The lowest BCUT2D eigenvalue weighted by Gasteiger charge is -2.31. The van der Waals surface area contributed by atoms with Crippen LogP contribution in [-0.2, 0) is 14.3 Å². The Morgan fingerprint density at radius 1 is 0.971 bits per heavy atom. The summed E-state index contributed by atoms with van der Waals surface area (Å²) in [5.41, 5.74) is 4.66. The summed E-state index contributed by atoms with van der Waals surface area (Å²) in [6.07, 6.45) is 7.06. The van der Waals surface area contributed by atoms with Crippen LogP contribution in [0.15, 0.2) is 60.7 Å². The number of carboxylic acid groups (broad SMARTS) is 1.